The van der Waals surface area contributed by atoms with Gasteiger partial charge in [0, 0.05) is 18.0 Å². The second-order valence-electron chi connectivity index (χ2n) is 13.3. The van der Waals surface area contributed by atoms with Crippen LogP contribution in [0.4, 0.5) is 9.59 Å². The Morgan fingerprint density at radius 2 is 1.71 bits per heavy atom. The van der Waals surface area contributed by atoms with Gasteiger partial charge in [0.15, 0.2) is 23.7 Å². The zero-order valence-electron chi connectivity index (χ0n) is 24.9. The van der Waals surface area contributed by atoms with Gasteiger partial charge in [-0.1, -0.05) is 6.07 Å². The highest BCUT2D eigenvalue weighted by atomic mass is 16.7. The van der Waals surface area contributed by atoms with E-state index in [1.165, 1.54) is 6.92 Å². The summed E-state index contributed by atoms with van der Waals surface area (Å²) in [6.07, 6.45) is -1.05. The Bertz CT molecular complexity index is 1310. The van der Waals surface area contributed by atoms with E-state index >= 15 is 0 Å². The molecule has 11 nitrogen and oxygen atoms in total. The molecule has 1 spiro atoms. The first-order valence-corrected chi connectivity index (χ1v) is 13.9. The fourth-order valence-electron chi connectivity index (χ4n) is 6.53. The van der Waals surface area contributed by atoms with Crippen molar-refractivity contribution < 1.29 is 47.9 Å². The number of carbonyl (C=O) groups is 3. The number of benzene rings is 1. The largest absolute Gasteiger partial charge is 0.514 e. The molecule has 1 saturated heterocycles. The van der Waals surface area contributed by atoms with Crippen molar-refractivity contribution in [2.45, 2.75) is 108 Å². The van der Waals surface area contributed by atoms with Crippen molar-refractivity contribution in [2.75, 3.05) is 13.6 Å². The maximum Gasteiger partial charge on any atom is 0.514 e. The van der Waals surface area contributed by atoms with Gasteiger partial charge >= 0.3 is 18.3 Å². The van der Waals surface area contributed by atoms with E-state index < -0.39 is 52.7 Å². The summed E-state index contributed by atoms with van der Waals surface area (Å²) in [4.78, 5) is 40.0. The zero-order valence-corrected chi connectivity index (χ0v) is 24.9. The predicted molar refractivity (Wildman–Crippen MR) is 145 cm³/mol. The van der Waals surface area contributed by atoms with E-state index in [2.05, 4.69) is 4.90 Å². The first-order valence-electron chi connectivity index (χ1n) is 13.9. The number of carbonyl (C=O) groups excluding carboxylic acids is 3. The lowest BCUT2D eigenvalue weighted by Gasteiger charge is -2.61. The third kappa shape index (κ3) is 4.92. The van der Waals surface area contributed by atoms with Crippen LogP contribution in [0.1, 0.15) is 72.4 Å². The topological polar surface area (TPSA) is 130 Å². The Labute approximate surface area is 239 Å². The van der Waals surface area contributed by atoms with Gasteiger partial charge in [-0.25, -0.2) is 14.4 Å². The first kappa shape index (κ1) is 29.2. The van der Waals surface area contributed by atoms with Crippen molar-refractivity contribution in [3.8, 4) is 11.5 Å². The molecule has 11 heteroatoms. The minimum atomic E-state index is -1.26. The number of ether oxygens (including phenoxy) is 6. The number of aliphatic hydroxyl groups is 1. The highest BCUT2D eigenvalue weighted by Crippen LogP contribution is 2.65. The molecular weight excluding hydrogens is 534 g/mol. The number of hydrogen-bond donors (Lipinski definition) is 1. The summed E-state index contributed by atoms with van der Waals surface area (Å²) in [5.74, 6) is -0.125. The smallest absolute Gasteiger partial charge is 0.477 e. The van der Waals surface area contributed by atoms with Crippen LogP contribution in [-0.2, 0) is 35.6 Å². The summed E-state index contributed by atoms with van der Waals surface area (Å²) in [5.41, 5.74) is -2.02. The number of hydrogen-bond acceptors (Lipinski definition) is 11. The van der Waals surface area contributed by atoms with Crippen LogP contribution in [0.25, 0.3) is 0 Å². The molecule has 224 valence electrons. The quantitative estimate of drug-likeness (QED) is 0.317. The van der Waals surface area contributed by atoms with Crippen molar-refractivity contribution in [3.63, 3.8) is 0 Å². The van der Waals surface area contributed by atoms with E-state index in [1.54, 1.807) is 53.7 Å². The van der Waals surface area contributed by atoms with Crippen LogP contribution in [-0.4, -0.2) is 76.9 Å². The van der Waals surface area contributed by atoms with Crippen LogP contribution in [0.15, 0.2) is 24.0 Å². The molecule has 1 aromatic rings. The second-order valence-corrected chi connectivity index (χ2v) is 13.3. The third-order valence-electron chi connectivity index (χ3n) is 8.13. The molecule has 41 heavy (non-hydrogen) atoms. The van der Waals surface area contributed by atoms with Gasteiger partial charge in [-0.3, -0.25) is 0 Å². The molecule has 2 aliphatic heterocycles. The van der Waals surface area contributed by atoms with Gasteiger partial charge < -0.3 is 38.4 Å². The summed E-state index contributed by atoms with van der Waals surface area (Å²) in [6.45, 7) is 12.3. The molecular formula is C30H39NO10. The normalized spacial score (nSPS) is 28.9. The van der Waals surface area contributed by atoms with Crippen LogP contribution < -0.4 is 9.47 Å². The van der Waals surface area contributed by atoms with E-state index in [0.29, 0.717) is 25.1 Å². The maximum absolute atomic E-state index is 13.1. The molecule has 1 aromatic carbocycles. The van der Waals surface area contributed by atoms with Crippen LogP contribution in [0.5, 0.6) is 11.5 Å². The van der Waals surface area contributed by atoms with Crippen LogP contribution in [0.2, 0.25) is 0 Å². The average Bonchev–Trinajstić information content (AvgIpc) is 3.17. The fourth-order valence-corrected chi connectivity index (χ4v) is 6.53. The minimum absolute atomic E-state index is 0.161. The van der Waals surface area contributed by atoms with Gasteiger partial charge in [-0.05, 0) is 92.6 Å². The molecule has 0 radical (unpaired) electrons. The minimum Gasteiger partial charge on any atom is -0.477 e. The van der Waals surface area contributed by atoms with Gasteiger partial charge in [0.1, 0.15) is 17.0 Å². The van der Waals surface area contributed by atoms with E-state index in [0.717, 1.165) is 11.1 Å². The van der Waals surface area contributed by atoms with Gasteiger partial charge in [0.25, 0.3) is 0 Å². The molecule has 2 bridgehead atoms. The maximum atomic E-state index is 13.1. The third-order valence-corrected chi connectivity index (χ3v) is 8.13. The molecule has 0 unspecified atom stereocenters. The van der Waals surface area contributed by atoms with Crippen molar-refractivity contribution in [2.24, 2.45) is 0 Å². The standard InChI is InChI=1S/C30H39NO10/c1-16(36-25(33)40-27(2,3)4)24(32)37-19-11-12-30(35)20-15-17-9-10-18(38-26(34)41-28(5,6)7)22-21(17)29(30,23(19)39-22)13-14-31(20)8/h9-11,16,20,23,35H,12-15H2,1-8H3/t16-,20-,23-,29-,30+/m0/s1. The Balaban J connectivity index is 1.48. The van der Waals surface area contributed by atoms with E-state index in [1.807, 2.05) is 13.1 Å². The molecule has 0 saturated carbocycles. The highest BCUT2D eigenvalue weighted by molar-refractivity contribution is 5.78. The molecule has 4 aliphatic rings. The first-order chi connectivity index (χ1) is 18.9. The van der Waals surface area contributed by atoms with Crippen molar-refractivity contribution in [1.29, 1.82) is 0 Å². The lowest BCUT2D eigenvalue weighted by molar-refractivity contribution is -0.172. The number of piperidine rings is 1. The van der Waals surface area contributed by atoms with Gasteiger partial charge in [-0.2, -0.15) is 0 Å². The number of likely N-dealkylation sites (N-methyl/N-ethyl adjacent to an activating group) is 1. The van der Waals surface area contributed by atoms with Crippen LogP contribution in [0.3, 0.4) is 0 Å². The van der Waals surface area contributed by atoms with Gasteiger partial charge in [-0.15, -0.1) is 0 Å². The Hall–Kier alpha value is -3.31. The van der Waals surface area contributed by atoms with Crippen molar-refractivity contribution in [1.82, 2.24) is 4.90 Å². The number of nitrogens with zero attached hydrogens (tertiary/aromatic N) is 1. The summed E-state index contributed by atoms with van der Waals surface area (Å²) in [6, 6.07) is 3.35. The summed E-state index contributed by atoms with van der Waals surface area (Å²) < 4.78 is 33.5. The molecule has 5 rings (SSSR count). The Morgan fingerprint density at radius 3 is 2.37 bits per heavy atom. The predicted octanol–water partition coefficient (Wildman–Crippen LogP) is 4.16. The average molecular weight is 574 g/mol. The van der Waals surface area contributed by atoms with Crippen LogP contribution in [0, 0.1) is 0 Å². The fraction of sp³-hybridized carbons (Fsp3) is 0.633. The Morgan fingerprint density at radius 1 is 1.05 bits per heavy atom. The molecule has 5 atom stereocenters. The number of esters is 1. The monoisotopic (exact) mass is 573 g/mol. The van der Waals surface area contributed by atoms with Crippen molar-refractivity contribution >= 4 is 18.3 Å². The summed E-state index contributed by atoms with van der Waals surface area (Å²) >= 11 is 0. The molecule has 0 aromatic heterocycles. The van der Waals surface area contributed by atoms with E-state index in [4.69, 9.17) is 28.4 Å². The highest BCUT2D eigenvalue weighted by Gasteiger charge is 2.72. The lowest BCUT2D eigenvalue weighted by Crippen LogP contribution is -2.74. The molecule has 0 amide bonds. The van der Waals surface area contributed by atoms with Gasteiger partial charge in [0.05, 0.1) is 11.0 Å². The SMILES string of the molecule is C[C@H](OC(=O)OC(C)(C)C)C(=O)OC1=CC[C@@]2(O)[C@@H]3Cc4ccc(OC(=O)OC(C)(C)C)c5c4[C@@]2(CCN3C)[C@H]1O5. The van der Waals surface area contributed by atoms with E-state index in [-0.39, 0.29) is 24.0 Å². The molecule has 2 aliphatic carbocycles. The van der Waals surface area contributed by atoms with Crippen molar-refractivity contribution in [3.05, 3.63) is 35.1 Å². The molecule has 1 N–H and O–H groups in total. The summed E-state index contributed by atoms with van der Waals surface area (Å²) in [5, 5.41) is 12.4. The second kappa shape index (κ2) is 9.62. The molecule has 1 fully saturated rings. The number of rotatable bonds is 4. The van der Waals surface area contributed by atoms with Crippen LogP contribution >= 0.6 is 0 Å². The zero-order chi connectivity index (χ0) is 30.1. The lowest BCUT2D eigenvalue weighted by atomic mass is 9.50. The van der Waals surface area contributed by atoms with Gasteiger partial charge in [0.2, 0.25) is 0 Å². The van der Waals surface area contributed by atoms with E-state index in [9.17, 15) is 19.5 Å². The Kier molecular flexibility index (Phi) is 6.85. The molecule has 2 heterocycles. The summed E-state index contributed by atoms with van der Waals surface area (Å²) in [7, 11) is 1.99. The number of likely N-dealkylation sites (tertiary alicyclic amines) is 1.